The molecule has 0 radical (unpaired) electrons. The molecule has 2 N–H and O–H groups in total. The molecule has 3 nitrogen and oxygen atoms in total. The largest absolute Gasteiger partial charge is 0.373 e. The predicted octanol–water partition coefficient (Wildman–Crippen LogP) is 2.58. The summed E-state index contributed by atoms with van der Waals surface area (Å²) in [7, 11) is 2.09. The first-order valence-corrected chi connectivity index (χ1v) is 5.76. The quantitative estimate of drug-likeness (QED) is 0.565. The van der Waals surface area contributed by atoms with Gasteiger partial charge in [0.1, 0.15) is 0 Å². The number of rotatable bonds is 7. The molecular formula is C13H21N3. The molecule has 0 heterocycles. The lowest BCUT2D eigenvalue weighted by molar-refractivity contribution is 0.679. The van der Waals surface area contributed by atoms with Crippen LogP contribution in [0.25, 0.3) is 0 Å². The van der Waals surface area contributed by atoms with Gasteiger partial charge in [0.05, 0.1) is 11.4 Å². The van der Waals surface area contributed by atoms with E-state index in [2.05, 4.69) is 29.7 Å². The average molecular weight is 219 g/mol. The minimum atomic E-state index is 0.786. The van der Waals surface area contributed by atoms with E-state index in [9.17, 15) is 0 Å². The highest BCUT2D eigenvalue weighted by atomic mass is 15.1. The second-order valence-corrected chi connectivity index (χ2v) is 3.92. The van der Waals surface area contributed by atoms with Gasteiger partial charge in [0, 0.05) is 13.6 Å². The molecule has 88 valence electrons. The van der Waals surface area contributed by atoms with E-state index < -0.39 is 0 Å². The van der Waals surface area contributed by atoms with Crippen molar-refractivity contribution in [3.05, 3.63) is 24.3 Å². The fourth-order valence-corrected chi connectivity index (χ4v) is 1.71. The van der Waals surface area contributed by atoms with E-state index in [1.807, 2.05) is 18.2 Å². The van der Waals surface area contributed by atoms with E-state index >= 15 is 0 Å². The van der Waals surface area contributed by atoms with Gasteiger partial charge in [-0.2, -0.15) is 0 Å². The zero-order chi connectivity index (χ0) is 11.8. The van der Waals surface area contributed by atoms with Crippen LogP contribution in [-0.2, 0) is 0 Å². The van der Waals surface area contributed by atoms with Gasteiger partial charge < -0.3 is 10.6 Å². The van der Waals surface area contributed by atoms with Crippen molar-refractivity contribution in [1.82, 2.24) is 0 Å². The third-order valence-electron chi connectivity index (χ3n) is 2.66. The van der Waals surface area contributed by atoms with E-state index in [1.165, 1.54) is 12.8 Å². The fraction of sp³-hybridized carbons (Fsp3) is 0.462. The van der Waals surface area contributed by atoms with Crippen LogP contribution in [0.2, 0.25) is 0 Å². The Morgan fingerprint density at radius 3 is 2.69 bits per heavy atom. The van der Waals surface area contributed by atoms with E-state index in [0.29, 0.717) is 0 Å². The van der Waals surface area contributed by atoms with Crippen LogP contribution in [0, 0.1) is 0 Å². The molecule has 1 aromatic carbocycles. The van der Waals surface area contributed by atoms with Gasteiger partial charge in [0.25, 0.3) is 0 Å². The Kier molecular flexibility index (Phi) is 5.57. The summed E-state index contributed by atoms with van der Waals surface area (Å²) in [5, 5.41) is 0. The molecule has 0 unspecified atom stereocenters. The van der Waals surface area contributed by atoms with Crippen LogP contribution in [0.15, 0.2) is 29.3 Å². The van der Waals surface area contributed by atoms with Gasteiger partial charge in [-0.3, -0.25) is 4.99 Å². The Labute approximate surface area is 98.0 Å². The number of benzene rings is 1. The number of nitrogens with two attached hydrogens (primary N) is 1. The standard InChI is InChI=1S/C13H21N3/c1-15-12-8-4-5-9-13(12)16(2)11-7-3-6-10-14/h4-5,8-9H,1,3,6-7,10-11,14H2,2H3. The van der Waals surface area contributed by atoms with Crippen LogP contribution < -0.4 is 10.6 Å². The van der Waals surface area contributed by atoms with Crippen molar-refractivity contribution < 1.29 is 0 Å². The highest BCUT2D eigenvalue weighted by Gasteiger charge is 2.04. The number of para-hydroxylation sites is 2. The zero-order valence-corrected chi connectivity index (χ0v) is 10.0. The molecule has 1 aromatic rings. The maximum atomic E-state index is 5.47. The van der Waals surface area contributed by atoms with E-state index in [1.54, 1.807) is 0 Å². The molecule has 0 aliphatic rings. The highest BCUT2D eigenvalue weighted by molar-refractivity contribution is 5.68. The van der Waals surface area contributed by atoms with Crippen molar-refractivity contribution in [1.29, 1.82) is 0 Å². The Balaban J connectivity index is 2.51. The summed E-state index contributed by atoms with van der Waals surface area (Å²) in [4.78, 5) is 6.25. The van der Waals surface area contributed by atoms with Crippen molar-refractivity contribution in [2.75, 3.05) is 25.0 Å². The molecule has 0 aliphatic carbocycles. The molecule has 0 saturated carbocycles. The number of aliphatic imine (C=N–C) groups is 1. The van der Waals surface area contributed by atoms with Gasteiger partial charge >= 0.3 is 0 Å². The van der Waals surface area contributed by atoms with Crippen LogP contribution in [0.4, 0.5) is 11.4 Å². The van der Waals surface area contributed by atoms with Crippen LogP contribution >= 0.6 is 0 Å². The predicted molar refractivity (Wildman–Crippen MR) is 71.8 cm³/mol. The molecule has 1 rings (SSSR count). The number of unbranched alkanes of at least 4 members (excludes halogenated alkanes) is 2. The van der Waals surface area contributed by atoms with Crippen LogP contribution in [0.3, 0.4) is 0 Å². The van der Waals surface area contributed by atoms with E-state index in [4.69, 9.17) is 5.73 Å². The van der Waals surface area contributed by atoms with E-state index in [-0.39, 0.29) is 0 Å². The first-order chi connectivity index (χ1) is 7.79. The molecule has 0 fully saturated rings. The third-order valence-corrected chi connectivity index (χ3v) is 2.66. The number of hydrogen-bond acceptors (Lipinski definition) is 3. The zero-order valence-electron chi connectivity index (χ0n) is 10.0. The lowest BCUT2D eigenvalue weighted by Crippen LogP contribution is -2.18. The smallest absolute Gasteiger partial charge is 0.0855 e. The second-order valence-electron chi connectivity index (χ2n) is 3.92. The van der Waals surface area contributed by atoms with Gasteiger partial charge in [-0.15, -0.1) is 0 Å². The molecule has 0 spiro atoms. The third kappa shape index (κ3) is 3.66. The van der Waals surface area contributed by atoms with Crippen molar-refractivity contribution >= 4 is 18.1 Å². The maximum absolute atomic E-state index is 5.47. The molecule has 0 aliphatic heterocycles. The summed E-state index contributed by atoms with van der Waals surface area (Å²) in [6.07, 6.45) is 3.46. The molecule has 0 atom stereocenters. The lowest BCUT2D eigenvalue weighted by atomic mass is 10.2. The van der Waals surface area contributed by atoms with Crippen LogP contribution in [0.1, 0.15) is 19.3 Å². The molecule has 16 heavy (non-hydrogen) atoms. The van der Waals surface area contributed by atoms with Gasteiger partial charge in [-0.25, -0.2) is 0 Å². The molecule has 0 aromatic heterocycles. The SMILES string of the molecule is C=Nc1ccccc1N(C)CCCCCN. The minimum absolute atomic E-state index is 0.786. The topological polar surface area (TPSA) is 41.6 Å². The van der Waals surface area contributed by atoms with Gasteiger partial charge in [-0.1, -0.05) is 18.6 Å². The summed E-state index contributed by atoms with van der Waals surface area (Å²) >= 11 is 0. The Hall–Kier alpha value is -1.35. The van der Waals surface area contributed by atoms with E-state index in [0.717, 1.165) is 30.9 Å². The summed E-state index contributed by atoms with van der Waals surface area (Å²) in [5.41, 5.74) is 7.56. The molecule has 0 saturated heterocycles. The minimum Gasteiger partial charge on any atom is -0.373 e. The first-order valence-electron chi connectivity index (χ1n) is 5.76. The lowest BCUT2D eigenvalue weighted by Gasteiger charge is -2.20. The van der Waals surface area contributed by atoms with Crippen molar-refractivity contribution in [3.8, 4) is 0 Å². The monoisotopic (exact) mass is 219 g/mol. The van der Waals surface area contributed by atoms with Crippen molar-refractivity contribution in [2.24, 2.45) is 10.7 Å². The second kappa shape index (κ2) is 7.01. The van der Waals surface area contributed by atoms with Crippen LogP contribution in [0.5, 0.6) is 0 Å². The normalized spacial score (nSPS) is 10.1. The average Bonchev–Trinajstić information content (AvgIpc) is 2.34. The fourth-order valence-electron chi connectivity index (χ4n) is 1.71. The summed E-state index contributed by atoms with van der Waals surface area (Å²) in [6.45, 7) is 5.41. The molecule has 0 bridgehead atoms. The number of nitrogens with zero attached hydrogens (tertiary/aromatic N) is 2. The maximum Gasteiger partial charge on any atom is 0.0855 e. The van der Waals surface area contributed by atoms with Gasteiger partial charge in [-0.05, 0) is 38.2 Å². The Morgan fingerprint density at radius 1 is 1.25 bits per heavy atom. The van der Waals surface area contributed by atoms with Gasteiger partial charge in [0.15, 0.2) is 0 Å². The molecule has 0 amide bonds. The molecular weight excluding hydrogens is 198 g/mol. The Morgan fingerprint density at radius 2 is 2.00 bits per heavy atom. The van der Waals surface area contributed by atoms with Gasteiger partial charge in [0.2, 0.25) is 0 Å². The summed E-state index contributed by atoms with van der Waals surface area (Å²) < 4.78 is 0. The molecule has 3 heteroatoms. The summed E-state index contributed by atoms with van der Waals surface area (Å²) in [6, 6.07) is 8.07. The number of anilines is 1. The van der Waals surface area contributed by atoms with Crippen molar-refractivity contribution in [2.45, 2.75) is 19.3 Å². The highest BCUT2D eigenvalue weighted by Crippen LogP contribution is 2.26. The Bertz CT molecular complexity index is 323. The van der Waals surface area contributed by atoms with Crippen LogP contribution in [-0.4, -0.2) is 26.9 Å². The summed E-state index contributed by atoms with van der Waals surface area (Å²) in [5.74, 6) is 0. The first kappa shape index (κ1) is 12.7. The number of hydrogen-bond donors (Lipinski definition) is 1. The van der Waals surface area contributed by atoms with Crippen molar-refractivity contribution in [3.63, 3.8) is 0 Å².